The number of amides is 2. The van der Waals surface area contributed by atoms with Crippen LogP contribution in [0.25, 0.3) is 0 Å². The van der Waals surface area contributed by atoms with Crippen LogP contribution in [-0.2, 0) is 6.42 Å². The lowest BCUT2D eigenvalue weighted by Crippen LogP contribution is -2.45. The molecule has 0 aromatic heterocycles. The van der Waals surface area contributed by atoms with Crippen molar-refractivity contribution in [3.8, 4) is 0 Å². The third-order valence-electron chi connectivity index (χ3n) is 6.45. The summed E-state index contributed by atoms with van der Waals surface area (Å²) in [6.45, 7) is 2.46. The predicted octanol–water partition coefficient (Wildman–Crippen LogP) is 4.68. The van der Waals surface area contributed by atoms with Gasteiger partial charge in [-0.3, -0.25) is 4.79 Å². The van der Waals surface area contributed by atoms with E-state index in [9.17, 15) is 14.0 Å². The second-order valence-electron chi connectivity index (χ2n) is 9.08. The number of piperidine rings is 1. The second-order valence-corrected chi connectivity index (χ2v) is 9.08. The quantitative estimate of drug-likeness (QED) is 0.566. The molecule has 2 fully saturated rings. The molecule has 2 unspecified atom stereocenters. The van der Waals surface area contributed by atoms with Gasteiger partial charge in [-0.05, 0) is 87.7 Å². The molecule has 164 valence electrons. The zero-order valence-corrected chi connectivity index (χ0v) is 17.9. The molecule has 2 atom stereocenters. The number of nitrogens with one attached hydrogen (secondary N) is 3. The maximum absolute atomic E-state index is 13.1. The number of rotatable bonds is 7. The number of hydrogen-bond donors (Lipinski definition) is 3. The van der Waals surface area contributed by atoms with Gasteiger partial charge in [-0.25, -0.2) is 9.18 Å². The molecule has 3 N–H and O–H groups in total. The second kappa shape index (κ2) is 9.18. The summed E-state index contributed by atoms with van der Waals surface area (Å²) in [4.78, 5) is 24.1. The molecule has 6 heteroatoms. The van der Waals surface area contributed by atoms with E-state index in [0.717, 1.165) is 50.6 Å². The number of anilines is 1. The number of halogens is 1. The molecule has 0 radical (unpaired) electrons. The highest BCUT2D eigenvalue weighted by molar-refractivity contribution is 5.96. The Morgan fingerprint density at radius 1 is 1.13 bits per heavy atom. The van der Waals surface area contributed by atoms with Crippen LogP contribution < -0.4 is 16.0 Å². The summed E-state index contributed by atoms with van der Waals surface area (Å²) >= 11 is 0. The summed E-state index contributed by atoms with van der Waals surface area (Å²) < 4.78 is 13.1. The van der Waals surface area contributed by atoms with Crippen molar-refractivity contribution >= 4 is 17.5 Å². The normalized spacial score (nSPS) is 21.9. The van der Waals surface area contributed by atoms with E-state index in [-0.39, 0.29) is 23.2 Å². The fourth-order valence-corrected chi connectivity index (χ4v) is 4.53. The van der Waals surface area contributed by atoms with Gasteiger partial charge in [0.05, 0.1) is 0 Å². The Balaban J connectivity index is 1.23. The molecule has 1 aliphatic carbocycles. The Labute approximate surface area is 182 Å². The van der Waals surface area contributed by atoms with Gasteiger partial charge in [0, 0.05) is 22.8 Å². The fourth-order valence-electron chi connectivity index (χ4n) is 4.53. The summed E-state index contributed by atoms with van der Waals surface area (Å²) in [6, 6.07) is 14.0. The van der Waals surface area contributed by atoms with Gasteiger partial charge < -0.3 is 16.0 Å². The topological polar surface area (TPSA) is 70.2 Å². The molecule has 0 spiro atoms. The van der Waals surface area contributed by atoms with Crippen molar-refractivity contribution in [2.75, 3.05) is 11.9 Å². The zero-order chi connectivity index (χ0) is 21.8. The SMILES string of the molecule is CC(=O)c1cccc(NC(=O)NC2(CC3CCC(Cc4ccc(F)cc4)NC3)CC2)c1. The van der Waals surface area contributed by atoms with Gasteiger partial charge in [-0.15, -0.1) is 0 Å². The van der Waals surface area contributed by atoms with Gasteiger partial charge in [0.1, 0.15) is 5.82 Å². The molecular formula is C25H30FN3O2. The number of Topliss-reactive ketones (excluding diaryl/α,β-unsaturated/α-hetero) is 1. The molecule has 1 saturated heterocycles. The number of carbonyl (C=O) groups excluding carboxylic acids is 2. The van der Waals surface area contributed by atoms with Gasteiger partial charge in [0.15, 0.2) is 5.78 Å². The van der Waals surface area contributed by atoms with Crippen LogP contribution in [0.5, 0.6) is 0 Å². The third kappa shape index (κ3) is 5.91. The van der Waals surface area contributed by atoms with Crippen LogP contribution in [-0.4, -0.2) is 29.9 Å². The van der Waals surface area contributed by atoms with E-state index in [2.05, 4.69) is 16.0 Å². The monoisotopic (exact) mass is 423 g/mol. The molecule has 2 aromatic rings. The molecule has 1 aliphatic heterocycles. The van der Waals surface area contributed by atoms with Crippen LogP contribution in [0.2, 0.25) is 0 Å². The van der Waals surface area contributed by atoms with Crippen molar-refractivity contribution < 1.29 is 14.0 Å². The van der Waals surface area contributed by atoms with Crippen molar-refractivity contribution in [2.24, 2.45) is 5.92 Å². The number of urea groups is 1. The molecule has 1 heterocycles. The Kier molecular flexibility index (Phi) is 6.37. The lowest BCUT2D eigenvalue weighted by atomic mass is 9.86. The predicted molar refractivity (Wildman–Crippen MR) is 120 cm³/mol. The van der Waals surface area contributed by atoms with E-state index in [1.165, 1.54) is 19.1 Å². The maximum Gasteiger partial charge on any atom is 0.319 e. The molecule has 2 aromatic carbocycles. The molecule has 31 heavy (non-hydrogen) atoms. The molecule has 2 aliphatic rings. The zero-order valence-electron chi connectivity index (χ0n) is 17.9. The highest BCUT2D eigenvalue weighted by atomic mass is 19.1. The largest absolute Gasteiger partial charge is 0.332 e. The summed E-state index contributed by atoms with van der Waals surface area (Å²) in [7, 11) is 0. The van der Waals surface area contributed by atoms with E-state index in [0.29, 0.717) is 23.2 Å². The lowest BCUT2D eigenvalue weighted by Gasteiger charge is -2.32. The minimum atomic E-state index is -0.212. The molecule has 1 saturated carbocycles. The van der Waals surface area contributed by atoms with Crippen molar-refractivity contribution in [3.63, 3.8) is 0 Å². The lowest BCUT2D eigenvalue weighted by molar-refractivity contribution is 0.101. The van der Waals surface area contributed by atoms with Crippen LogP contribution in [0, 0.1) is 11.7 Å². The molecule has 4 rings (SSSR count). The first-order valence-electron chi connectivity index (χ1n) is 11.1. The Morgan fingerprint density at radius 2 is 1.90 bits per heavy atom. The summed E-state index contributed by atoms with van der Waals surface area (Å²) in [5.41, 5.74) is 2.26. The average molecular weight is 424 g/mol. The Bertz CT molecular complexity index is 932. The van der Waals surface area contributed by atoms with E-state index in [4.69, 9.17) is 0 Å². The van der Waals surface area contributed by atoms with Gasteiger partial charge in [-0.2, -0.15) is 0 Å². The first-order valence-corrected chi connectivity index (χ1v) is 11.1. The Morgan fingerprint density at radius 3 is 2.55 bits per heavy atom. The van der Waals surface area contributed by atoms with Gasteiger partial charge in [0.25, 0.3) is 0 Å². The van der Waals surface area contributed by atoms with Crippen molar-refractivity contribution in [2.45, 2.75) is 57.0 Å². The van der Waals surface area contributed by atoms with E-state index >= 15 is 0 Å². The molecule has 5 nitrogen and oxygen atoms in total. The van der Waals surface area contributed by atoms with Crippen LogP contribution in [0.1, 0.15) is 54.9 Å². The van der Waals surface area contributed by atoms with E-state index in [1.807, 2.05) is 12.1 Å². The van der Waals surface area contributed by atoms with Gasteiger partial charge in [-0.1, -0.05) is 24.3 Å². The molecule has 2 amide bonds. The molecular weight excluding hydrogens is 393 g/mol. The highest BCUT2D eigenvalue weighted by Gasteiger charge is 2.45. The fraction of sp³-hybridized carbons (Fsp3) is 0.440. The third-order valence-corrected chi connectivity index (χ3v) is 6.45. The van der Waals surface area contributed by atoms with Gasteiger partial charge >= 0.3 is 6.03 Å². The van der Waals surface area contributed by atoms with Crippen LogP contribution in [0.15, 0.2) is 48.5 Å². The average Bonchev–Trinajstić information content (AvgIpc) is 3.50. The number of ketones is 1. The molecule has 0 bridgehead atoms. The standard InChI is InChI=1S/C25H30FN3O2/c1-17(30)20-3-2-4-23(14-20)28-24(31)29-25(11-12-25)15-19-7-10-22(27-16-19)13-18-5-8-21(26)9-6-18/h2-6,8-9,14,19,22,27H,7,10-13,15-16H2,1H3,(H2,28,29,31). The maximum atomic E-state index is 13.1. The van der Waals surface area contributed by atoms with Crippen molar-refractivity contribution in [3.05, 3.63) is 65.5 Å². The van der Waals surface area contributed by atoms with Crippen LogP contribution >= 0.6 is 0 Å². The van der Waals surface area contributed by atoms with Crippen LogP contribution in [0.3, 0.4) is 0 Å². The van der Waals surface area contributed by atoms with E-state index in [1.54, 1.807) is 24.3 Å². The number of carbonyl (C=O) groups is 2. The summed E-state index contributed by atoms with van der Waals surface area (Å²) in [6.07, 6.45) is 6.11. The minimum absolute atomic E-state index is 0.0229. The van der Waals surface area contributed by atoms with Crippen molar-refractivity contribution in [1.29, 1.82) is 0 Å². The van der Waals surface area contributed by atoms with Gasteiger partial charge in [0.2, 0.25) is 0 Å². The smallest absolute Gasteiger partial charge is 0.319 e. The first-order chi connectivity index (χ1) is 14.9. The van der Waals surface area contributed by atoms with Crippen molar-refractivity contribution in [1.82, 2.24) is 10.6 Å². The van der Waals surface area contributed by atoms with E-state index < -0.39 is 0 Å². The number of benzene rings is 2. The first kappa shape index (κ1) is 21.5. The highest BCUT2D eigenvalue weighted by Crippen LogP contribution is 2.42. The Hall–Kier alpha value is -2.73. The minimum Gasteiger partial charge on any atom is -0.332 e. The number of hydrogen-bond acceptors (Lipinski definition) is 3. The van der Waals surface area contributed by atoms with Crippen LogP contribution in [0.4, 0.5) is 14.9 Å². The summed E-state index contributed by atoms with van der Waals surface area (Å²) in [5, 5.41) is 9.67. The summed E-state index contributed by atoms with van der Waals surface area (Å²) in [5.74, 6) is 0.316.